The topological polar surface area (TPSA) is 26.3 Å². The molecule has 3 heteroatoms. The van der Waals surface area contributed by atoms with Gasteiger partial charge in [0, 0.05) is 18.4 Å². The van der Waals surface area contributed by atoms with Gasteiger partial charge in [-0.25, -0.2) is 0 Å². The van der Waals surface area contributed by atoms with Crippen molar-refractivity contribution >= 4 is 16.9 Å². The molecule has 1 rings (SSSR count). The summed E-state index contributed by atoms with van der Waals surface area (Å²) in [6.45, 7) is 8.61. The highest BCUT2D eigenvalue weighted by molar-refractivity contribution is 8.14. The van der Waals surface area contributed by atoms with Gasteiger partial charge in [0.25, 0.3) is 0 Å². The van der Waals surface area contributed by atoms with Gasteiger partial charge in [0.15, 0.2) is 0 Å². The molecule has 0 atom stereocenters. The Morgan fingerprint density at radius 2 is 1.65 bits per heavy atom. The van der Waals surface area contributed by atoms with Crippen molar-refractivity contribution in [1.29, 1.82) is 0 Å². The predicted octanol–water partition coefficient (Wildman–Crippen LogP) is 4.26. The molecule has 1 aromatic carbocycles. The molecule has 1 aromatic rings. The van der Waals surface area contributed by atoms with Crippen LogP contribution in [-0.2, 0) is 4.74 Å². The molecule has 0 saturated carbocycles. The summed E-state index contributed by atoms with van der Waals surface area (Å²) in [6, 6.07) is 9.27. The molecule has 98 valence electrons. The number of benzene rings is 1. The third kappa shape index (κ3) is 10.1. The van der Waals surface area contributed by atoms with Crippen molar-refractivity contribution < 1.29 is 9.53 Å². The lowest BCUT2D eigenvalue weighted by atomic mass is 10.2. The molecule has 0 aliphatic rings. The van der Waals surface area contributed by atoms with Crippen LogP contribution >= 0.6 is 11.8 Å². The molecule has 0 bridgehead atoms. The molecular formula is C14H24O2S. The lowest BCUT2D eigenvalue weighted by Crippen LogP contribution is -1.98. The Morgan fingerprint density at radius 1 is 1.12 bits per heavy atom. The molecule has 0 amide bonds. The van der Waals surface area contributed by atoms with E-state index in [0.29, 0.717) is 12.4 Å². The van der Waals surface area contributed by atoms with Gasteiger partial charge in [0.1, 0.15) is 0 Å². The van der Waals surface area contributed by atoms with Crippen LogP contribution in [0.5, 0.6) is 0 Å². The van der Waals surface area contributed by atoms with Gasteiger partial charge in [0.05, 0.1) is 6.61 Å². The zero-order valence-electron chi connectivity index (χ0n) is 11.5. The normalized spacial score (nSPS) is 8.29. The van der Waals surface area contributed by atoms with Gasteiger partial charge in [-0.15, -0.1) is 0 Å². The van der Waals surface area contributed by atoms with Crippen LogP contribution in [0, 0.1) is 0 Å². The largest absolute Gasteiger partial charge is 0.384 e. The molecule has 0 aliphatic carbocycles. The number of rotatable bonds is 4. The molecular weight excluding hydrogens is 232 g/mol. The molecule has 0 unspecified atom stereocenters. The zero-order chi connectivity index (χ0) is 13.5. The van der Waals surface area contributed by atoms with Crippen LogP contribution in [-0.4, -0.2) is 24.6 Å². The second-order valence-electron chi connectivity index (χ2n) is 2.49. The van der Waals surface area contributed by atoms with Crippen molar-refractivity contribution in [3.63, 3.8) is 0 Å². The van der Waals surface area contributed by atoms with Gasteiger partial charge < -0.3 is 4.74 Å². The fourth-order valence-electron chi connectivity index (χ4n) is 0.875. The number of thioether (sulfide) groups is 1. The highest BCUT2D eigenvalue weighted by Crippen LogP contribution is 2.11. The predicted molar refractivity (Wildman–Crippen MR) is 77.8 cm³/mol. The molecule has 0 aliphatic heterocycles. The summed E-state index contributed by atoms with van der Waals surface area (Å²) in [4.78, 5) is 11.4. The second kappa shape index (κ2) is 15.2. The summed E-state index contributed by atoms with van der Waals surface area (Å²) in [7, 11) is 1.63. The fraction of sp³-hybridized carbons (Fsp3) is 0.500. The van der Waals surface area contributed by atoms with E-state index in [4.69, 9.17) is 4.74 Å². The van der Waals surface area contributed by atoms with E-state index < -0.39 is 0 Å². The van der Waals surface area contributed by atoms with Gasteiger partial charge in [-0.2, -0.15) is 0 Å². The number of carbonyl (C=O) groups is 1. The summed E-state index contributed by atoms with van der Waals surface area (Å²) in [5, 5.41) is 0.109. The van der Waals surface area contributed by atoms with E-state index in [1.54, 1.807) is 7.11 Å². The van der Waals surface area contributed by atoms with Gasteiger partial charge in [-0.3, -0.25) is 4.79 Å². The summed E-state index contributed by atoms with van der Waals surface area (Å²) in [6.07, 6.45) is 0. The van der Waals surface area contributed by atoms with Crippen LogP contribution in [0.2, 0.25) is 0 Å². The standard InChI is InChI=1S/C10H12O2S.2C2H6/c1-12-7-8-13-10(11)9-5-3-2-4-6-9;2*1-2/h2-6H,7-8H2,1H3;2*1-2H3. The lowest BCUT2D eigenvalue weighted by molar-refractivity contribution is 0.108. The van der Waals surface area contributed by atoms with Crippen molar-refractivity contribution in [3.05, 3.63) is 35.9 Å². The third-order valence-corrected chi connectivity index (χ3v) is 2.40. The van der Waals surface area contributed by atoms with Crippen LogP contribution in [0.4, 0.5) is 0 Å². The quantitative estimate of drug-likeness (QED) is 0.753. The van der Waals surface area contributed by atoms with E-state index in [-0.39, 0.29) is 5.12 Å². The number of hydrogen-bond donors (Lipinski definition) is 0. The van der Waals surface area contributed by atoms with Crippen LogP contribution in [0.25, 0.3) is 0 Å². The van der Waals surface area contributed by atoms with Crippen molar-refractivity contribution in [2.24, 2.45) is 0 Å². The van der Waals surface area contributed by atoms with E-state index in [9.17, 15) is 4.79 Å². The molecule has 0 heterocycles. The molecule has 2 nitrogen and oxygen atoms in total. The van der Waals surface area contributed by atoms with Gasteiger partial charge >= 0.3 is 0 Å². The minimum atomic E-state index is 0.109. The number of hydrogen-bond acceptors (Lipinski definition) is 3. The first-order chi connectivity index (χ1) is 8.34. The van der Waals surface area contributed by atoms with Gasteiger partial charge in [-0.05, 0) is 0 Å². The number of methoxy groups -OCH3 is 1. The number of ether oxygens (including phenoxy) is 1. The first-order valence-electron chi connectivity index (χ1n) is 6.05. The van der Waals surface area contributed by atoms with Crippen LogP contribution in [0.3, 0.4) is 0 Å². The van der Waals surface area contributed by atoms with Crippen molar-refractivity contribution in [3.8, 4) is 0 Å². The van der Waals surface area contributed by atoms with E-state index in [1.807, 2.05) is 58.0 Å². The maximum atomic E-state index is 11.4. The lowest BCUT2D eigenvalue weighted by Gasteiger charge is -1.99. The fourth-order valence-corrected chi connectivity index (χ4v) is 1.61. The average Bonchev–Trinajstić information content (AvgIpc) is 2.44. The summed E-state index contributed by atoms with van der Waals surface area (Å²) in [5.74, 6) is 0.713. The SMILES string of the molecule is CC.CC.COCCSC(=O)c1ccccc1. The molecule has 0 radical (unpaired) electrons. The molecule has 0 fully saturated rings. The molecule has 0 saturated heterocycles. The molecule has 0 N–H and O–H groups in total. The van der Waals surface area contributed by atoms with Crippen LogP contribution in [0.1, 0.15) is 38.1 Å². The Hall–Kier alpha value is -0.800. The monoisotopic (exact) mass is 256 g/mol. The maximum absolute atomic E-state index is 11.4. The van der Waals surface area contributed by atoms with E-state index in [1.165, 1.54) is 11.8 Å². The zero-order valence-corrected chi connectivity index (χ0v) is 12.3. The van der Waals surface area contributed by atoms with Crippen LogP contribution in [0.15, 0.2) is 30.3 Å². The summed E-state index contributed by atoms with van der Waals surface area (Å²) >= 11 is 1.29. The first-order valence-corrected chi connectivity index (χ1v) is 7.04. The average molecular weight is 256 g/mol. The van der Waals surface area contributed by atoms with Crippen molar-refractivity contribution in [1.82, 2.24) is 0 Å². The Balaban J connectivity index is 0. The van der Waals surface area contributed by atoms with Gasteiger partial charge in [0.2, 0.25) is 5.12 Å². The third-order valence-electron chi connectivity index (χ3n) is 1.53. The van der Waals surface area contributed by atoms with Crippen LogP contribution < -0.4 is 0 Å². The van der Waals surface area contributed by atoms with E-state index in [2.05, 4.69) is 0 Å². The minimum absolute atomic E-state index is 0.109. The van der Waals surface area contributed by atoms with Crippen molar-refractivity contribution in [2.75, 3.05) is 19.5 Å². The minimum Gasteiger partial charge on any atom is -0.384 e. The first kappa shape index (κ1) is 18.6. The van der Waals surface area contributed by atoms with E-state index in [0.717, 1.165) is 5.56 Å². The van der Waals surface area contributed by atoms with Gasteiger partial charge in [-0.1, -0.05) is 69.8 Å². The molecule has 0 aromatic heterocycles. The maximum Gasteiger partial charge on any atom is 0.219 e. The van der Waals surface area contributed by atoms with E-state index >= 15 is 0 Å². The summed E-state index contributed by atoms with van der Waals surface area (Å²) < 4.78 is 4.86. The highest BCUT2D eigenvalue weighted by Gasteiger charge is 2.03. The Morgan fingerprint density at radius 3 is 2.12 bits per heavy atom. The Kier molecular flexibility index (Phi) is 16.6. The smallest absolute Gasteiger partial charge is 0.219 e. The second-order valence-corrected chi connectivity index (χ2v) is 3.56. The van der Waals surface area contributed by atoms with Crippen molar-refractivity contribution in [2.45, 2.75) is 27.7 Å². The number of carbonyl (C=O) groups excluding carboxylic acids is 1. The molecule has 0 spiro atoms. The Bertz CT molecular complexity index is 260. The Labute approximate surface area is 110 Å². The summed E-state index contributed by atoms with van der Waals surface area (Å²) in [5.41, 5.74) is 0.753. The molecule has 17 heavy (non-hydrogen) atoms. The highest BCUT2D eigenvalue weighted by atomic mass is 32.2.